The molecule has 152 valence electrons. The highest BCUT2D eigenvalue weighted by atomic mass is 35.5. The Morgan fingerprint density at radius 3 is 2.76 bits per heavy atom. The number of rotatable bonds is 6. The number of carbonyl (C=O) groups is 1. The molecule has 7 nitrogen and oxygen atoms in total. The van der Waals surface area contributed by atoms with Crippen molar-refractivity contribution in [2.45, 2.75) is 13.2 Å². The fraction of sp³-hybridized carbons (Fsp3) is 0.333. The number of hydrogen-bond donors (Lipinski definition) is 0. The SMILES string of the molecule is Cn1cc(CN2CCN(C(=O)c3ccc(COc4cccc(Cl)c4)o3)CC2)cn1. The van der Waals surface area contributed by atoms with Crippen LogP contribution in [0.2, 0.25) is 5.02 Å². The molecule has 1 amide bonds. The molecule has 3 aromatic rings. The van der Waals surface area contributed by atoms with Crippen molar-refractivity contribution in [1.82, 2.24) is 19.6 Å². The van der Waals surface area contributed by atoms with Crippen molar-refractivity contribution in [3.05, 3.63) is 70.9 Å². The third-order valence-corrected chi connectivity index (χ3v) is 5.11. The maximum Gasteiger partial charge on any atom is 0.289 e. The van der Waals surface area contributed by atoms with Crippen molar-refractivity contribution in [2.24, 2.45) is 7.05 Å². The Morgan fingerprint density at radius 1 is 1.21 bits per heavy atom. The molecule has 0 unspecified atom stereocenters. The molecule has 0 saturated carbocycles. The lowest BCUT2D eigenvalue weighted by Crippen LogP contribution is -2.48. The Kier molecular flexibility index (Phi) is 5.87. The minimum atomic E-state index is -0.0833. The Balaban J connectivity index is 1.28. The maximum absolute atomic E-state index is 12.7. The first kappa shape index (κ1) is 19.5. The first-order valence-electron chi connectivity index (χ1n) is 9.53. The lowest BCUT2D eigenvalue weighted by Gasteiger charge is -2.34. The second-order valence-corrected chi connectivity index (χ2v) is 7.54. The van der Waals surface area contributed by atoms with Crippen LogP contribution < -0.4 is 4.74 Å². The number of aryl methyl sites for hydroxylation is 1. The van der Waals surface area contributed by atoms with Crippen LogP contribution in [0.25, 0.3) is 0 Å². The van der Waals surface area contributed by atoms with E-state index in [0.29, 0.717) is 35.4 Å². The molecule has 0 radical (unpaired) electrons. The Bertz CT molecular complexity index is 976. The van der Waals surface area contributed by atoms with Crippen LogP contribution in [0.5, 0.6) is 5.75 Å². The summed E-state index contributed by atoms with van der Waals surface area (Å²) in [4.78, 5) is 16.9. The van der Waals surface area contributed by atoms with E-state index in [2.05, 4.69) is 10.00 Å². The third-order valence-electron chi connectivity index (χ3n) is 4.87. The van der Waals surface area contributed by atoms with Crippen LogP contribution in [0.4, 0.5) is 0 Å². The summed E-state index contributed by atoms with van der Waals surface area (Å²) in [6.45, 7) is 4.09. The average Bonchev–Trinajstić information content (AvgIpc) is 3.35. The molecule has 1 fully saturated rings. The molecule has 0 atom stereocenters. The second-order valence-electron chi connectivity index (χ2n) is 7.10. The average molecular weight is 415 g/mol. The topological polar surface area (TPSA) is 63.7 Å². The van der Waals surface area contributed by atoms with Crippen molar-refractivity contribution in [3.63, 3.8) is 0 Å². The lowest BCUT2D eigenvalue weighted by atomic mass is 10.2. The van der Waals surface area contributed by atoms with Crippen molar-refractivity contribution < 1.29 is 13.9 Å². The minimum Gasteiger partial charge on any atom is -0.486 e. The number of carbonyl (C=O) groups excluding carboxylic acids is 1. The number of aromatic nitrogens is 2. The highest BCUT2D eigenvalue weighted by Crippen LogP contribution is 2.20. The van der Waals surface area contributed by atoms with Crippen LogP contribution in [0.1, 0.15) is 21.9 Å². The van der Waals surface area contributed by atoms with Crippen molar-refractivity contribution in [2.75, 3.05) is 26.2 Å². The Morgan fingerprint density at radius 2 is 2.03 bits per heavy atom. The van der Waals surface area contributed by atoms with E-state index in [-0.39, 0.29) is 12.5 Å². The number of amides is 1. The van der Waals surface area contributed by atoms with Gasteiger partial charge in [-0.05, 0) is 30.3 Å². The van der Waals surface area contributed by atoms with Gasteiger partial charge in [-0.25, -0.2) is 0 Å². The number of piperazine rings is 1. The smallest absolute Gasteiger partial charge is 0.289 e. The van der Waals surface area contributed by atoms with Gasteiger partial charge in [0.05, 0.1) is 6.20 Å². The Hall–Kier alpha value is -2.77. The molecular weight excluding hydrogens is 392 g/mol. The van der Waals surface area contributed by atoms with Crippen LogP contribution in [-0.4, -0.2) is 51.7 Å². The monoisotopic (exact) mass is 414 g/mol. The third kappa shape index (κ3) is 4.99. The summed E-state index contributed by atoms with van der Waals surface area (Å²) in [5.74, 6) is 1.52. The quantitative estimate of drug-likeness (QED) is 0.619. The summed E-state index contributed by atoms with van der Waals surface area (Å²) in [6, 6.07) is 10.7. The first-order valence-corrected chi connectivity index (χ1v) is 9.91. The summed E-state index contributed by atoms with van der Waals surface area (Å²) in [7, 11) is 1.91. The molecule has 0 N–H and O–H groups in total. The minimum absolute atomic E-state index is 0.0833. The van der Waals surface area contributed by atoms with E-state index >= 15 is 0 Å². The van der Waals surface area contributed by atoms with Crippen LogP contribution in [0.3, 0.4) is 0 Å². The number of furan rings is 1. The van der Waals surface area contributed by atoms with Gasteiger partial charge in [0.2, 0.25) is 0 Å². The fourth-order valence-electron chi connectivity index (χ4n) is 3.36. The molecular formula is C21H23ClN4O3. The number of ether oxygens (including phenoxy) is 1. The molecule has 8 heteroatoms. The molecule has 0 spiro atoms. The van der Waals surface area contributed by atoms with E-state index < -0.39 is 0 Å². The van der Waals surface area contributed by atoms with Crippen molar-refractivity contribution >= 4 is 17.5 Å². The molecule has 2 aromatic heterocycles. The zero-order valence-corrected chi connectivity index (χ0v) is 17.0. The van der Waals surface area contributed by atoms with Crippen molar-refractivity contribution in [3.8, 4) is 5.75 Å². The molecule has 3 heterocycles. The first-order chi connectivity index (χ1) is 14.1. The van der Waals surface area contributed by atoms with Gasteiger partial charge in [0.15, 0.2) is 5.76 Å². The van der Waals surface area contributed by atoms with E-state index in [1.165, 1.54) is 5.56 Å². The molecule has 1 aliphatic heterocycles. The van der Waals surface area contributed by atoms with E-state index in [1.807, 2.05) is 36.5 Å². The number of benzene rings is 1. The van der Waals surface area contributed by atoms with Gasteiger partial charge in [-0.2, -0.15) is 5.10 Å². The largest absolute Gasteiger partial charge is 0.486 e. The normalized spacial score (nSPS) is 14.9. The number of hydrogen-bond acceptors (Lipinski definition) is 5. The van der Waals surface area contributed by atoms with Gasteiger partial charge in [0.1, 0.15) is 18.1 Å². The summed E-state index contributed by atoms with van der Waals surface area (Å²) >= 11 is 5.95. The lowest BCUT2D eigenvalue weighted by molar-refractivity contribution is 0.0594. The van der Waals surface area contributed by atoms with E-state index in [4.69, 9.17) is 20.8 Å². The standard InChI is InChI=1S/C21H23ClN4O3/c1-24-13-16(12-23-24)14-25-7-9-26(10-8-25)21(27)20-6-5-19(29-20)15-28-18-4-2-3-17(22)11-18/h2-6,11-13H,7-10,14-15H2,1H3. The van der Waals surface area contributed by atoms with Gasteiger partial charge in [-0.3, -0.25) is 14.4 Å². The van der Waals surface area contributed by atoms with Gasteiger partial charge in [-0.15, -0.1) is 0 Å². The molecule has 1 saturated heterocycles. The van der Waals surface area contributed by atoms with Crippen LogP contribution in [0, 0.1) is 0 Å². The highest BCUT2D eigenvalue weighted by Gasteiger charge is 2.24. The molecule has 4 rings (SSSR count). The van der Waals surface area contributed by atoms with E-state index in [0.717, 1.165) is 19.6 Å². The van der Waals surface area contributed by atoms with E-state index in [1.54, 1.807) is 28.9 Å². The van der Waals surface area contributed by atoms with Crippen LogP contribution in [0.15, 0.2) is 53.2 Å². The molecule has 0 bridgehead atoms. The predicted octanol–water partition coefficient (Wildman–Crippen LogP) is 3.20. The molecule has 1 aliphatic rings. The summed E-state index contributed by atoms with van der Waals surface area (Å²) in [6.07, 6.45) is 3.90. The maximum atomic E-state index is 12.7. The van der Waals surface area contributed by atoms with Crippen molar-refractivity contribution in [1.29, 1.82) is 0 Å². The fourth-order valence-corrected chi connectivity index (χ4v) is 3.54. The van der Waals surface area contributed by atoms with Gasteiger partial charge in [-0.1, -0.05) is 17.7 Å². The van der Waals surface area contributed by atoms with Crippen LogP contribution in [-0.2, 0) is 20.2 Å². The Labute approximate surface area is 174 Å². The second kappa shape index (κ2) is 8.71. The van der Waals surface area contributed by atoms with Gasteiger partial charge in [0, 0.05) is 56.6 Å². The highest BCUT2D eigenvalue weighted by molar-refractivity contribution is 6.30. The predicted molar refractivity (Wildman–Crippen MR) is 109 cm³/mol. The number of nitrogens with zero attached hydrogens (tertiary/aromatic N) is 4. The number of halogens is 1. The van der Waals surface area contributed by atoms with Crippen LogP contribution >= 0.6 is 11.6 Å². The summed E-state index contributed by atoms with van der Waals surface area (Å²) in [5, 5.41) is 4.81. The zero-order chi connectivity index (χ0) is 20.2. The van der Waals surface area contributed by atoms with E-state index in [9.17, 15) is 4.79 Å². The molecule has 1 aromatic carbocycles. The van der Waals surface area contributed by atoms with Gasteiger partial charge < -0.3 is 14.1 Å². The van der Waals surface area contributed by atoms with Gasteiger partial charge >= 0.3 is 0 Å². The zero-order valence-electron chi connectivity index (χ0n) is 16.3. The summed E-state index contributed by atoms with van der Waals surface area (Å²) in [5.41, 5.74) is 1.18. The molecule has 0 aliphatic carbocycles. The van der Waals surface area contributed by atoms with Gasteiger partial charge in [0.25, 0.3) is 5.91 Å². The summed E-state index contributed by atoms with van der Waals surface area (Å²) < 4.78 is 13.2. The molecule has 29 heavy (non-hydrogen) atoms.